The summed E-state index contributed by atoms with van der Waals surface area (Å²) < 4.78 is 13.7. The lowest BCUT2D eigenvalue weighted by molar-refractivity contribution is 0.194. The van der Waals surface area contributed by atoms with Crippen molar-refractivity contribution in [3.8, 4) is 0 Å². The van der Waals surface area contributed by atoms with E-state index < -0.39 is 6.10 Å². The monoisotopic (exact) mass is 328 g/mol. The van der Waals surface area contributed by atoms with Gasteiger partial charge in [0.2, 0.25) is 0 Å². The average molecular weight is 328 g/mol. The van der Waals surface area contributed by atoms with E-state index in [0.717, 1.165) is 42.1 Å². The number of β-amino-alcohol motifs (C(OH)–C–C–N with tert-alkyl or cyclic N) is 1. The molecule has 0 unspecified atom stereocenters. The number of benzene rings is 1. The van der Waals surface area contributed by atoms with Crippen LogP contribution in [-0.2, 0) is 13.0 Å². The highest BCUT2D eigenvalue weighted by Crippen LogP contribution is 2.38. The van der Waals surface area contributed by atoms with E-state index in [-0.39, 0.29) is 11.9 Å². The van der Waals surface area contributed by atoms with Gasteiger partial charge in [-0.15, -0.1) is 0 Å². The number of rotatable bonds is 2. The van der Waals surface area contributed by atoms with Crippen molar-refractivity contribution in [2.45, 2.75) is 31.5 Å². The summed E-state index contributed by atoms with van der Waals surface area (Å²) in [5.74, 6) is 0.621. The van der Waals surface area contributed by atoms with Crippen LogP contribution in [-0.4, -0.2) is 46.2 Å². The zero-order valence-corrected chi connectivity index (χ0v) is 13.7. The predicted molar refractivity (Wildman–Crippen MR) is 89.2 cm³/mol. The third-order valence-corrected chi connectivity index (χ3v) is 4.95. The number of hydrogen-bond acceptors (Lipinski definition) is 5. The van der Waals surface area contributed by atoms with Crippen molar-refractivity contribution in [2.24, 2.45) is 0 Å². The van der Waals surface area contributed by atoms with Gasteiger partial charge >= 0.3 is 0 Å². The third kappa shape index (κ3) is 2.76. The van der Waals surface area contributed by atoms with Gasteiger partial charge in [-0.1, -0.05) is 12.1 Å². The second-order valence-electron chi connectivity index (χ2n) is 6.72. The van der Waals surface area contributed by atoms with Gasteiger partial charge in [-0.25, -0.2) is 14.4 Å². The molecule has 4 rings (SSSR count). The molecule has 5 nitrogen and oxygen atoms in total. The maximum absolute atomic E-state index is 13.7. The van der Waals surface area contributed by atoms with Crippen molar-refractivity contribution in [3.63, 3.8) is 0 Å². The van der Waals surface area contributed by atoms with Gasteiger partial charge in [0.1, 0.15) is 18.0 Å². The lowest BCUT2D eigenvalue weighted by Crippen LogP contribution is -2.32. The summed E-state index contributed by atoms with van der Waals surface area (Å²) in [7, 11) is 2.09. The van der Waals surface area contributed by atoms with Crippen molar-refractivity contribution < 1.29 is 9.50 Å². The Balaban J connectivity index is 1.75. The number of fused-ring (bicyclic) bond motifs is 1. The lowest BCUT2D eigenvalue weighted by atomic mass is 10.0. The Hall–Kier alpha value is -2.05. The minimum absolute atomic E-state index is 0.0677. The molecule has 0 bridgehead atoms. The van der Waals surface area contributed by atoms with E-state index in [1.54, 1.807) is 18.5 Å². The number of anilines is 1. The first-order valence-electron chi connectivity index (χ1n) is 8.33. The highest BCUT2D eigenvalue weighted by Gasteiger charge is 2.35. The van der Waals surface area contributed by atoms with Crippen LogP contribution in [0.1, 0.15) is 29.3 Å². The number of aromatic nitrogens is 2. The van der Waals surface area contributed by atoms with Crippen LogP contribution in [0.5, 0.6) is 0 Å². The van der Waals surface area contributed by atoms with E-state index in [9.17, 15) is 9.50 Å². The van der Waals surface area contributed by atoms with Crippen LogP contribution < -0.4 is 4.90 Å². The minimum Gasteiger partial charge on any atom is -0.391 e. The molecule has 0 saturated carbocycles. The molecule has 1 aromatic carbocycles. The molecule has 1 saturated heterocycles. The maximum atomic E-state index is 13.7. The number of aliphatic hydroxyl groups is 1. The van der Waals surface area contributed by atoms with Gasteiger partial charge in [-0.2, -0.15) is 0 Å². The van der Waals surface area contributed by atoms with E-state index >= 15 is 0 Å². The largest absolute Gasteiger partial charge is 0.391 e. The molecule has 0 amide bonds. The fourth-order valence-electron chi connectivity index (χ4n) is 3.79. The van der Waals surface area contributed by atoms with Crippen molar-refractivity contribution in [2.75, 3.05) is 25.0 Å². The second kappa shape index (κ2) is 6.11. The van der Waals surface area contributed by atoms with Crippen LogP contribution in [0.15, 0.2) is 30.6 Å². The second-order valence-corrected chi connectivity index (χ2v) is 6.72. The van der Waals surface area contributed by atoms with Crippen molar-refractivity contribution in [1.29, 1.82) is 0 Å². The molecule has 24 heavy (non-hydrogen) atoms. The molecule has 126 valence electrons. The van der Waals surface area contributed by atoms with E-state index in [1.807, 2.05) is 6.07 Å². The van der Waals surface area contributed by atoms with Gasteiger partial charge in [-0.05, 0) is 31.2 Å². The summed E-state index contributed by atoms with van der Waals surface area (Å²) in [5.41, 5.74) is 3.09. The Kier molecular flexibility index (Phi) is 3.94. The molecular weight excluding hydrogens is 307 g/mol. The van der Waals surface area contributed by atoms with E-state index in [1.165, 1.54) is 6.07 Å². The molecule has 1 N–H and O–H groups in total. The molecule has 6 heteroatoms. The van der Waals surface area contributed by atoms with Crippen LogP contribution in [0.4, 0.5) is 10.2 Å². The SMILES string of the molecule is CN1CCc2ncnc(N3C[C@@H](O)C[C@@H]3c3cccc(F)c3)c2C1. The Bertz CT molecular complexity index is 754. The molecule has 1 aromatic heterocycles. The average Bonchev–Trinajstić information content (AvgIpc) is 2.96. The third-order valence-electron chi connectivity index (χ3n) is 4.95. The molecule has 2 aromatic rings. The van der Waals surface area contributed by atoms with Crippen molar-refractivity contribution in [3.05, 3.63) is 53.2 Å². The van der Waals surface area contributed by atoms with Crippen LogP contribution in [0.2, 0.25) is 0 Å². The number of nitrogens with zero attached hydrogens (tertiary/aromatic N) is 4. The zero-order chi connectivity index (χ0) is 16.7. The van der Waals surface area contributed by atoms with Crippen LogP contribution in [0.3, 0.4) is 0 Å². The van der Waals surface area contributed by atoms with Crippen LogP contribution >= 0.6 is 0 Å². The predicted octanol–water partition coefficient (Wildman–Crippen LogP) is 1.92. The fraction of sp³-hybridized carbons (Fsp3) is 0.444. The number of likely N-dealkylation sites (N-methyl/N-ethyl adjacent to an activating group) is 1. The van der Waals surface area contributed by atoms with Gasteiger partial charge in [0, 0.05) is 31.6 Å². The smallest absolute Gasteiger partial charge is 0.137 e. The summed E-state index contributed by atoms with van der Waals surface area (Å²) in [6.07, 6.45) is 2.65. The van der Waals surface area contributed by atoms with Gasteiger partial charge < -0.3 is 14.9 Å². The molecule has 0 aliphatic carbocycles. The topological polar surface area (TPSA) is 52.5 Å². The van der Waals surface area contributed by atoms with Crippen LogP contribution in [0.25, 0.3) is 0 Å². The normalized spacial score (nSPS) is 24.2. The zero-order valence-electron chi connectivity index (χ0n) is 13.7. The van der Waals surface area contributed by atoms with Crippen molar-refractivity contribution >= 4 is 5.82 Å². The maximum Gasteiger partial charge on any atom is 0.137 e. The lowest BCUT2D eigenvalue weighted by Gasteiger charge is -2.31. The first kappa shape index (κ1) is 15.5. The highest BCUT2D eigenvalue weighted by molar-refractivity contribution is 5.53. The molecule has 1 fully saturated rings. The van der Waals surface area contributed by atoms with Gasteiger partial charge in [-0.3, -0.25) is 0 Å². The van der Waals surface area contributed by atoms with E-state index in [4.69, 9.17) is 0 Å². The Morgan fingerprint density at radius 1 is 1.29 bits per heavy atom. The minimum atomic E-state index is -0.440. The summed E-state index contributed by atoms with van der Waals surface area (Å²) in [4.78, 5) is 13.3. The summed E-state index contributed by atoms with van der Waals surface area (Å²) in [6, 6.07) is 6.56. The van der Waals surface area contributed by atoms with E-state index in [2.05, 4.69) is 26.8 Å². The first-order valence-corrected chi connectivity index (χ1v) is 8.33. The molecule has 2 atom stereocenters. The number of hydrogen-bond donors (Lipinski definition) is 1. The molecule has 0 spiro atoms. The highest BCUT2D eigenvalue weighted by atomic mass is 19.1. The summed E-state index contributed by atoms with van der Waals surface area (Å²) >= 11 is 0. The number of halogens is 1. The van der Waals surface area contributed by atoms with Gasteiger partial charge in [0.25, 0.3) is 0 Å². The Labute approximate surface area is 140 Å². The molecule has 2 aliphatic rings. The Morgan fingerprint density at radius 2 is 2.17 bits per heavy atom. The molecular formula is C18H21FN4O. The number of aliphatic hydroxyl groups excluding tert-OH is 1. The van der Waals surface area contributed by atoms with Gasteiger partial charge in [0.05, 0.1) is 17.8 Å². The molecule has 3 heterocycles. The Morgan fingerprint density at radius 3 is 3.00 bits per heavy atom. The van der Waals surface area contributed by atoms with E-state index in [0.29, 0.717) is 13.0 Å². The molecule has 2 aliphatic heterocycles. The first-order chi connectivity index (χ1) is 11.6. The quantitative estimate of drug-likeness (QED) is 0.913. The van der Waals surface area contributed by atoms with Gasteiger partial charge in [0.15, 0.2) is 0 Å². The summed E-state index contributed by atoms with van der Waals surface area (Å²) in [5, 5.41) is 10.2. The summed E-state index contributed by atoms with van der Waals surface area (Å²) in [6.45, 7) is 2.29. The van der Waals surface area contributed by atoms with Crippen LogP contribution in [0, 0.1) is 5.82 Å². The molecule has 0 radical (unpaired) electrons. The standard InChI is InChI=1S/C18H21FN4O/c1-22-6-5-16-15(10-22)18(21-11-20-16)23-9-14(24)8-17(23)12-3-2-4-13(19)7-12/h2-4,7,11,14,17,24H,5-6,8-10H2,1H3/t14-,17+/m0/s1. The van der Waals surface area contributed by atoms with Crippen molar-refractivity contribution in [1.82, 2.24) is 14.9 Å². The fourth-order valence-corrected chi connectivity index (χ4v) is 3.79.